The smallest absolute Gasteiger partial charge is 0.263 e. The standard InChI is InChI=1S/C24H13ClN2O/c25-19-11-5-3-7-14(19)18-13-26-22-15-8-1-2-9-16(15)24(28)27-20-12-6-4-10-17(20)21(18)23(22)27/h1-13H. The number of rotatable bonds is 1. The molecule has 0 aliphatic carbocycles. The number of halogens is 1. The summed E-state index contributed by atoms with van der Waals surface area (Å²) < 4.78 is 1.80. The highest BCUT2D eigenvalue weighted by molar-refractivity contribution is 6.34. The van der Waals surface area contributed by atoms with Crippen LogP contribution in [0, 0.1) is 0 Å². The number of benzene rings is 3. The Balaban J connectivity index is 1.98. The molecule has 4 heteroatoms. The van der Waals surface area contributed by atoms with Gasteiger partial charge in [0.05, 0.1) is 16.6 Å². The lowest BCUT2D eigenvalue weighted by molar-refractivity contribution is 1.20. The van der Waals surface area contributed by atoms with Crippen molar-refractivity contribution < 1.29 is 0 Å². The minimum absolute atomic E-state index is 0.0209. The van der Waals surface area contributed by atoms with Crippen molar-refractivity contribution in [3.05, 3.63) is 94.4 Å². The Bertz CT molecular complexity index is 1600. The molecule has 3 heterocycles. The van der Waals surface area contributed by atoms with Gasteiger partial charge in [0.2, 0.25) is 0 Å². The van der Waals surface area contributed by atoms with Crippen molar-refractivity contribution in [3.63, 3.8) is 0 Å². The molecule has 0 atom stereocenters. The molecule has 0 saturated heterocycles. The second-order valence-corrected chi connectivity index (χ2v) is 7.33. The van der Waals surface area contributed by atoms with Gasteiger partial charge in [-0.1, -0.05) is 66.2 Å². The highest BCUT2D eigenvalue weighted by Crippen LogP contribution is 2.40. The molecule has 0 aliphatic heterocycles. The van der Waals surface area contributed by atoms with E-state index in [9.17, 15) is 4.79 Å². The number of nitrogens with zero attached hydrogens (tertiary/aromatic N) is 2. The van der Waals surface area contributed by atoms with E-state index in [4.69, 9.17) is 16.6 Å². The third kappa shape index (κ3) is 1.89. The maximum absolute atomic E-state index is 13.4. The van der Waals surface area contributed by atoms with Crippen molar-refractivity contribution >= 4 is 49.7 Å². The minimum Gasteiger partial charge on any atom is -0.273 e. The van der Waals surface area contributed by atoms with Gasteiger partial charge < -0.3 is 0 Å². The zero-order valence-electron chi connectivity index (χ0n) is 14.7. The van der Waals surface area contributed by atoms with E-state index in [1.165, 1.54) is 0 Å². The fourth-order valence-electron chi connectivity index (χ4n) is 4.28. The SMILES string of the molecule is O=c1c2ccccc2c2ncc(-c3ccccc3Cl)c3c4ccccc4n1c23. The average Bonchev–Trinajstić information content (AvgIpc) is 3.09. The van der Waals surface area contributed by atoms with Crippen LogP contribution in [-0.4, -0.2) is 9.38 Å². The van der Waals surface area contributed by atoms with E-state index in [2.05, 4.69) is 6.07 Å². The molecule has 0 unspecified atom stereocenters. The second kappa shape index (κ2) is 5.54. The van der Waals surface area contributed by atoms with Crippen LogP contribution in [0.3, 0.4) is 0 Å². The Morgan fingerprint density at radius 3 is 2.25 bits per heavy atom. The number of hydrogen-bond acceptors (Lipinski definition) is 2. The lowest BCUT2D eigenvalue weighted by Gasteiger charge is -2.10. The van der Waals surface area contributed by atoms with Gasteiger partial charge in [-0.05, 0) is 18.2 Å². The van der Waals surface area contributed by atoms with Crippen molar-refractivity contribution in [2.45, 2.75) is 0 Å². The largest absolute Gasteiger partial charge is 0.273 e. The van der Waals surface area contributed by atoms with E-state index in [-0.39, 0.29) is 5.56 Å². The molecular formula is C24H13ClN2O. The van der Waals surface area contributed by atoms with Gasteiger partial charge in [0, 0.05) is 43.9 Å². The van der Waals surface area contributed by atoms with Crippen LogP contribution in [0.5, 0.6) is 0 Å². The van der Waals surface area contributed by atoms with Crippen LogP contribution in [0.4, 0.5) is 0 Å². The lowest BCUT2D eigenvalue weighted by Crippen LogP contribution is -2.13. The Hall–Kier alpha value is -3.43. The van der Waals surface area contributed by atoms with Gasteiger partial charge in [0.15, 0.2) is 0 Å². The first-order valence-electron chi connectivity index (χ1n) is 9.07. The average molecular weight is 381 g/mol. The lowest BCUT2D eigenvalue weighted by atomic mass is 10.00. The van der Waals surface area contributed by atoms with Gasteiger partial charge in [-0.2, -0.15) is 0 Å². The quantitative estimate of drug-likeness (QED) is 0.332. The summed E-state index contributed by atoms with van der Waals surface area (Å²) in [4.78, 5) is 18.2. The fraction of sp³-hybridized carbons (Fsp3) is 0. The first-order chi connectivity index (χ1) is 13.8. The van der Waals surface area contributed by atoms with Crippen molar-refractivity contribution in [1.82, 2.24) is 9.38 Å². The molecule has 3 aromatic heterocycles. The number of para-hydroxylation sites is 1. The summed E-state index contributed by atoms with van der Waals surface area (Å²) in [5.74, 6) is 0. The van der Waals surface area contributed by atoms with Gasteiger partial charge in [0.1, 0.15) is 0 Å². The van der Waals surface area contributed by atoms with Gasteiger partial charge in [-0.25, -0.2) is 0 Å². The molecule has 6 aromatic rings. The van der Waals surface area contributed by atoms with Crippen LogP contribution in [0.2, 0.25) is 5.02 Å². The number of hydrogen-bond donors (Lipinski definition) is 0. The molecule has 132 valence electrons. The van der Waals surface area contributed by atoms with E-state index in [0.717, 1.165) is 43.8 Å². The highest BCUT2D eigenvalue weighted by atomic mass is 35.5. The second-order valence-electron chi connectivity index (χ2n) is 6.93. The molecule has 0 radical (unpaired) electrons. The molecule has 0 amide bonds. The minimum atomic E-state index is -0.0209. The van der Waals surface area contributed by atoms with Gasteiger partial charge in [0.25, 0.3) is 5.56 Å². The Morgan fingerprint density at radius 2 is 1.43 bits per heavy atom. The molecule has 3 aromatic carbocycles. The molecule has 0 spiro atoms. The zero-order valence-corrected chi connectivity index (χ0v) is 15.4. The first kappa shape index (κ1) is 15.6. The van der Waals surface area contributed by atoms with Crippen molar-refractivity contribution in [2.24, 2.45) is 0 Å². The summed E-state index contributed by atoms with van der Waals surface area (Å²) in [5.41, 5.74) is 4.40. The Kier molecular flexibility index (Phi) is 3.09. The topological polar surface area (TPSA) is 34.4 Å². The van der Waals surface area contributed by atoms with E-state index in [0.29, 0.717) is 10.4 Å². The van der Waals surface area contributed by atoms with Gasteiger partial charge in [-0.15, -0.1) is 0 Å². The van der Waals surface area contributed by atoms with Crippen molar-refractivity contribution in [1.29, 1.82) is 0 Å². The molecule has 0 fully saturated rings. The number of aromatic nitrogens is 2. The molecule has 6 rings (SSSR count). The predicted octanol–water partition coefficient (Wildman–Crippen LogP) is 5.91. The summed E-state index contributed by atoms with van der Waals surface area (Å²) >= 11 is 6.51. The van der Waals surface area contributed by atoms with E-state index >= 15 is 0 Å². The van der Waals surface area contributed by atoms with Crippen LogP contribution in [0.15, 0.2) is 83.8 Å². The van der Waals surface area contributed by atoms with Crippen LogP contribution < -0.4 is 5.56 Å². The number of fused-ring (bicyclic) bond motifs is 5. The zero-order chi connectivity index (χ0) is 18.8. The van der Waals surface area contributed by atoms with Crippen molar-refractivity contribution in [2.75, 3.05) is 0 Å². The van der Waals surface area contributed by atoms with E-state index in [1.807, 2.05) is 72.9 Å². The molecule has 0 bridgehead atoms. The summed E-state index contributed by atoms with van der Waals surface area (Å²) in [6.45, 7) is 0. The first-order valence-corrected chi connectivity index (χ1v) is 9.44. The van der Waals surface area contributed by atoms with Crippen molar-refractivity contribution in [3.8, 4) is 11.1 Å². The summed E-state index contributed by atoms with van der Waals surface area (Å²) in [5, 5.41) is 4.25. The maximum atomic E-state index is 13.4. The van der Waals surface area contributed by atoms with Crippen LogP contribution in [0.25, 0.3) is 49.2 Å². The molecule has 0 N–H and O–H groups in total. The Labute approximate surface area is 164 Å². The van der Waals surface area contributed by atoms with E-state index < -0.39 is 0 Å². The van der Waals surface area contributed by atoms with Gasteiger partial charge >= 0.3 is 0 Å². The maximum Gasteiger partial charge on any atom is 0.263 e. The molecule has 0 saturated carbocycles. The van der Waals surface area contributed by atoms with Crippen LogP contribution in [-0.2, 0) is 0 Å². The van der Waals surface area contributed by atoms with Gasteiger partial charge in [-0.3, -0.25) is 14.2 Å². The molecule has 28 heavy (non-hydrogen) atoms. The number of pyridine rings is 2. The highest BCUT2D eigenvalue weighted by Gasteiger charge is 2.21. The molecule has 3 nitrogen and oxygen atoms in total. The third-order valence-electron chi connectivity index (χ3n) is 5.47. The normalized spacial score (nSPS) is 11.9. The fourth-order valence-corrected chi connectivity index (χ4v) is 4.52. The summed E-state index contributed by atoms with van der Waals surface area (Å²) in [6, 6.07) is 23.4. The van der Waals surface area contributed by atoms with Crippen LogP contribution in [0.1, 0.15) is 0 Å². The molecular weight excluding hydrogens is 368 g/mol. The molecule has 0 aliphatic rings. The Morgan fingerprint density at radius 1 is 0.750 bits per heavy atom. The summed E-state index contributed by atoms with van der Waals surface area (Å²) in [6.07, 6.45) is 1.88. The predicted molar refractivity (Wildman–Crippen MR) is 116 cm³/mol. The summed E-state index contributed by atoms with van der Waals surface area (Å²) in [7, 11) is 0. The van der Waals surface area contributed by atoms with E-state index in [1.54, 1.807) is 4.40 Å². The third-order valence-corrected chi connectivity index (χ3v) is 5.80. The van der Waals surface area contributed by atoms with Crippen LogP contribution >= 0.6 is 11.6 Å². The monoisotopic (exact) mass is 380 g/mol.